The lowest BCUT2D eigenvalue weighted by molar-refractivity contribution is -0.0548. The largest absolute Gasteiger partial charge is 0.394 e. The number of aliphatic hydroxyl groups is 4. The van der Waals surface area contributed by atoms with Crippen molar-refractivity contribution in [1.29, 1.82) is 0 Å². The molecule has 0 unspecified atom stereocenters. The summed E-state index contributed by atoms with van der Waals surface area (Å²) >= 11 is 0. The van der Waals surface area contributed by atoms with Crippen molar-refractivity contribution in [3.8, 4) is 0 Å². The van der Waals surface area contributed by atoms with Crippen LogP contribution in [0.4, 0.5) is 11.4 Å². The topological polar surface area (TPSA) is 121 Å². The molecule has 27 heavy (non-hydrogen) atoms. The Kier molecular flexibility index (Phi) is 7.90. The zero-order valence-corrected chi connectivity index (χ0v) is 14.9. The lowest BCUT2D eigenvalue weighted by atomic mass is 10.0. The van der Waals surface area contributed by atoms with Crippen LogP contribution in [-0.2, 0) is 0 Å². The van der Waals surface area contributed by atoms with Gasteiger partial charge in [0.1, 0.15) is 24.0 Å². The molecule has 0 bridgehead atoms. The van der Waals surface area contributed by atoms with Crippen molar-refractivity contribution in [3.05, 3.63) is 60.7 Å². The summed E-state index contributed by atoms with van der Waals surface area (Å²) in [4.78, 5) is 0. The van der Waals surface area contributed by atoms with Gasteiger partial charge in [-0.1, -0.05) is 36.4 Å². The van der Waals surface area contributed by atoms with Crippen molar-refractivity contribution in [3.63, 3.8) is 0 Å². The number of benzene rings is 2. The van der Waals surface area contributed by atoms with Gasteiger partial charge in [-0.25, -0.2) is 0 Å². The average molecular weight is 372 g/mol. The predicted octanol–water partition coefficient (Wildman–Crippen LogP) is 0.652. The smallest absolute Gasteiger partial charge is 0.128 e. The van der Waals surface area contributed by atoms with Crippen LogP contribution in [0.15, 0.2) is 70.9 Å². The summed E-state index contributed by atoms with van der Waals surface area (Å²) in [5.41, 5.74) is 4.24. The van der Waals surface area contributed by atoms with Crippen molar-refractivity contribution in [2.75, 3.05) is 24.1 Å². The number of hydrogen-bond donors (Lipinski definition) is 5. The van der Waals surface area contributed by atoms with Crippen molar-refractivity contribution >= 4 is 23.3 Å². The van der Waals surface area contributed by atoms with E-state index in [0.717, 1.165) is 5.69 Å². The standard InChI is InChI=1S/C19H24N4O4/c1-23(15-10-6-3-7-11-15)20-12-16(18(26)19(27)17(25)13-24)22-21-14-8-4-2-5-9-14/h2-12,17-19,21,24-27H,13H2,1H3/b20-12-,22-16-/t17-,18-,19+/m1/s1. The highest BCUT2D eigenvalue weighted by Crippen LogP contribution is 2.11. The first-order valence-electron chi connectivity index (χ1n) is 8.39. The van der Waals surface area contributed by atoms with Gasteiger partial charge in [-0.05, 0) is 24.3 Å². The minimum Gasteiger partial charge on any atom is -0.394 e. The molecule has 3 atom stereocenters. The van der Waals surface area contributed by atoms with Crippen molar-refractivity contribution < 1.29 is 20.4 Å². The second-order valence-electron chi connectivity index (χ2n) is 5.80. The molecule has 5 N–H and O–H groups in total. The van der Waals surface area contributed by atoms with Gasteiger partial charge in [0.15, 0.2) is 0 Å². The van der Waals surface area contributed by atoms with Crippen LogP contribution in [0.2, 0.25) is 0 Å². The van der Waals surface area contributed by atoms with Gasteiger partial charge in [-0.2, -0.15) is 10.2 Å². The summed E-state index contributed by atoms with van der Waals surface area (Å²) in [6.45, 7) is -0.696. The molecule has 8 heteroatoms. The van der Waals surface area contributed by atoms with Crippen molar-refractivity contribution in [2.24, 2.45) is 10.2 Å². The average Bonchev–Trinajstić information content (AvgIpc) is 2.73. The van der Waals surface area contributed by atoms with E-state index >= 15 is 0 Å². The molecule has 2 rings (SSSR count). The Labute approximate surface area is 157 Å². The number of nitrogens with zero attached hydrogens (tertiary/aromatic N) is 3. The molecule has 0 amide bonds. The number of hydrogen-bond acceptors (Lipinski definition) is 8. The van der Waals surface area contributed by atoms with E-state index in [-0.39, 0.29) is 5.71 Å². The number of nitrogens with one attached hydrogen (secondary N) is 1. The Balaban J connectivity index is 2.21. The Bertz CT molecular complexity index is 740. The Morgan fingerprint density at radius 2 is 1.63 bits per heavy atom. The monoisotopic (exact) mass is 372 g/mol. The molecule has 0 spiro atoms. The summed E-state index contributed by atoms with van der Waals surface area (Å²) < 4.78 is 0. The van der Waals surface area contributed by atoms with Gasteiger partial charge in [0.05, 0.1) is 24.2 Å². The maximum atomic E-state index is 10.3. The Morgan fingerprint density at radius 1 is 1.04 bits per heavy atom. The fourth-order valence-corrected chi connectivity index (χ4v) is 2.16. The van der Waals surface area contributed by atoms with Crippen LogP contribution in [0.3, 0.4) is 0 Å². The molecule has 0 saturated heterocycles. The van der Waals surface area contributed by atoms with Gasteiger partial charge in [-0.15, -0.1) is 0 Å². The zero-order valence-electron chi connectivity index (χ0n) is 14.9. The highest BCUT2D eigenvalue weighted by Gasteiger charge is 2.28. The number of hydrazone groups is 2. The molecule has 0 aliphatic rings. The Hall–Kier alpha value is -2.78. The molecule has 0 aromatic heterocycles. The SMILES string of the molecule is CN(/N=C\C(=N\Nc1ccccc1)[C@@H](O)[C@@H](O)[C@H](O)CO)c1ccccc1. The second kappa shape index (κ2) is 10.4. The summed E-state index contributed by atoms with van der Waals surface area (Å²) in [6, 6.07) is 18.4. The molecule has 8 nitrogen and oxygen atoms in total. The molecule has 0 aliphatic heterocycles. The minimum absolute atomic E-state index is 0.0124. The zero-order chi connectivity index (χ0) is 19.6. The van der Waals surface area contributed by atoms with Crippen LogP contribution in [0, 0.1) is 0 Å². The predicted molar refractivity (Wildman–Crippen MR) is 106 cm³/mol. The molecule has 0 aliphatic carbocycles. The molecular formula is C19H24N4O4. The van der Waals surface area contributed by atoms with Gasteiger partial charge in [0.25, 0.3) is 0 Å². The van der Waals surface area contributed by atoms with Gasteiger partial charge >= 0.3 is 0 Å². The fraction of sp³-hybridized carbons (Fsp3) is 0.263. The van der Waals surface area contributed by atoms with Crippen LogP contribution in [0.5, 0.6) is 0 Å². The summed E-state index contributed by atoms with van der Waals surface area (Å²) in [6.07, 6.45) is -3.42. The third-order valence-corrected chi connectivity index (χ3v) is 3.79. The molecule has 0 heterocycles. The van der Waals surface area contributed by atoms with E-state index in [0.29, 0.717) is 5.69 Å². The highest BCUT2D eigenvalue weighted by atomic mass is 16.4. The summed E-state index contributed by atoms with van der Waals surface area (Å²) in [5, 5.41) is 48.8. The lowest BCUT2D eigenvalue weighted by Crippen LogP contribution is -2.44. The number of aliphatic hydroxyl groups excluding tert-OH is 4. The van der Waals surface area contributed by atoms with E-state index in [4.69, 9.17) is 5.11 Å². The normalized spacial score (nSPS) is 15.4. The van der Waals surface area contributed by atoms with Crippen molar-refractivity contribution in [2.45, 2.75) is 18.3 Å². The fourth-order valence-electron chi connectivity index (χ4n) is 2.16. The molecule has 0 fully saturated rings. The van der Waals surface area contributed by atoms with E-state index < -0.39 is 24.9 Å². The van der Waals surface area contributed by atoms with E-state index in [1.165, 1.54) is 6.21 Å². The van der Waals surface area contributed by atoms with Gasteiger partial charge < -0.3 is 20.4 Å². The molecule has 144 valence electrons. The highest BCUT2D eigenvalue weighted by molar-refractivity contribution is 6.33. The first-order valence-corrected chi connectivity index (χ1v) is 8.39. The van der Waals surface area contributed by atoms with Crippen LogP contribution in [0.25, 0.3) is 0 Å². The third-order valence-electron chi connectivity index (χ3n) is 3.79. The van der Waals surface area contributed by atoms with Gasteiger partial charge in [0, 0.05) is 7.05 Å². The maximum Gasteiger partial charge on any atom is 0.128 e. The maximum absolute atomic E-state index is 10.3. The van der Waals surface area contributed by atoms with Gasteiger partial charge in [-0.3, -0.25) is 10.4 Å². The van der Waals surface area contributed by atoms with Crippen LogP contribution >= 0.6 is 0 Å². The number of rotatable bonds is 9. The minimum atomic E-state index is -1.63. The van der Waals surface area contributed by atoms with Crippen LogP contribution in [0.1, 0.15) is 0 Å². The molecule has 0 radical (unpaired) electrons. The van der Waals surface area contributed by atoms with Crippen molar-refractivity contribution in [1.82, 2.24) is 0 Å². The lowest BCUT2D eigenvalue weighted by Gasteiger charge is -2.21. The van der Waals surface area contributed by atoms with Crippen LogP contribution < -0.4 is 10.4 Å². The van der Waals surface area contributed by atoms with E-state index in [9.17, 15) is 15.3 Å². The molecule has 2 aromatic rings. The van der Waals surface area contributed by atoms with E-state index in [1.807, 2.05) is 48.5 Å². The third kappa shape index (κ3) is 6.15. The Morgan fingerprint density at radius 3 is 2.22 bits per heavy atom. The number of anilines is 2. The molecule has 2 aromatic carbocycles. The first kappa shape index (κ1) is 20.5. The van der Waals surface area contributed by atoms with E-state index in [1.54, 1.807) is 24.2 Å². The van der Waals surface area contributed by atoms with Gasteiger partial charge in [0.2, 0.25) is 0 Å². The summed E-state index contributed by atoms with van der Waals surface area (Å²) in [7, 11) is 1.72. The second-order valence-corrected chi connectivity index (χ2v) is 5.80. The van der Waals surface area contributed by atoms with Crippen LogP contribution in [-0.4, -0.2) is 64.3 Å². The summed E-state index contributed by atoms with van der Waals surface area (Å²) in [5.74, 6) is 0. The number of para-hydroxylation sites is 2. The van der Waals surface area contributed by atoms with E-state index in [2.05, 4.69) is 15.6 Å². The quantitative estimate of drug-likeness (QED) is 0.326. The molecule has 0 saturated carbocycles. The molecular weight excluding hydrogens is 348 g/mol. The first-order chi connectivity index (χ1) is 13.0.